The second-order valence-corrected chi connectivity index (χ2v) is 6.47. The van der Waals surface area contributed by atoms with Crippen LogP contribution in [0.25, 0.3) is 0 Å². The maximum atomic E-state index is 12.6. The van der Waals surface area contributed by atoms with Crippen LogP contribution in [0.4, 0.5) is 13.2 Å². The summed E-state index contributed by atoms with van der Waals surface area (Å²) >= 11 is 11.6. The van der Waals surface area contributed by atoms with Gasteiger partial charge >= 0.3 is 6.18 Å². The van der Waals surface area contributed by atoms with Gasteiger partial charge in [0.05, 0.1) is 15.6 Å². The van der Waals surface area contributed by atoms with E-state index in [0.29, 0.717) is 10.8 Å². The van der Waals surface area contributed by atoms with Crippen molar-refractivity contribution in [2.75, 3.05) is 19.8 Å². The number of rotatable bonds is 8. The summed E-state index contributed by atoms with van der Waals surface area (Å²) in [6.45, 7) is -0.781. The highest BCUT2D eigenvalue weighted by atomic mass is 35.5. The normalized spacial score (nSPS) is 12.4. The van der Waals surface area contributed by atoms with Crippen molar-refractivity contribution >= 4 is 29.1 Å². The Morgan fingerprint density at radius 2 is 1.79 bits per heavy atom. The van der Waals surface area contributed by atoms with Gasteiger partial charge in [-0.3, -0.25) is 4.79 Å². The van der Waals surface area contributed by atoms with E-state index in [9.17, 15) is 23.1 Å². The average molecular weight is 438 g/mol. The molecule has 0 heterocycles. The summed E-state index contributed by atoms with van der Waals surface area (Å²) in [4.78, 5) is 11.7. The molecule has 152 valence electrons. The van der Waals surface area contributed by atoms with E-state index in [4.69, 9.17) is 32.7 Å². The molecule has 0 fully saturated rings. The van der Waals surface area contributed by atoms with Crippen molar-refractivity contribution in [3.63, 3.8) is 0 Å². The number of hydrogen-bond donors (Lipinski definition) is 2. The number of ether oxygens (including phenoxy) is 2. The number of aliphatic hydroxyl groups is 1. The zero-order chi connectivity index (χ0) is 20.7. The van der Waals surface area contributed by atoms with Gasteiger partial charge in [0.2, 0.25) is 0 Å². The van der Waals surface area contributed by atoms with Crippen molar-refractivity contribution in [1.82, 2.24) is 5.32 Å². The van der Waals surface area contributed by atoms with Crippen LogP contribution >= 0.6 is 23.2 Å². The molecule has 1 unspecified atom stereocenters. The topological polar surface area (TPSA) is 67.8 Å². The van der Waals surface area contributed by atoms with Crippen molar-refractivity contribution in [2.24, 2.45) is 0 Å². The van der Waals surface area contributed by atoms with E-state index in [2.05, 4.69) is 5.32 Å². The Kier molecular flexibility index (Phi) is 7.79. The third-order valence-electron chi connectivity index (χ3n) is 3.40. The van der Waals surface area contributed by atoms with Gasteiger partial charge < -0.3 is 19.9 Å². The number of aliphatic hydroxyl groups excluding tert-OH is 1. The predicted molar refractivity (Wildman–Crippen MR) is 97.9 cm³/mol. The Balaban J connectivity index is 1.72. The fourth-order valence-electron chi connectivity index (χ4n) is 2.01. The van der Waals surface area contributed by atoms with Crippen LogP contribution in [0, 0.1) is 0 Å². The summed E-state index contributed by atoms with van der Waals surface area (Å²) in [7, 11) is 0. The quantitative estimate of drug-likeness (QED) is 0.655. The number of carbonyl (C=O) groups is 1. The largest absolute Gasteiger partial charge is 0.491 e. The minimum atomic E-state index is -4.49. The number of amides is 1. The average Bonchev–Trinajstić information content (AvgIpc) is 2.65. The van der Waals surface area contributed by atoms with Crippen LogP contribution in [-0.4, -0.2) is 36.9 Å². The maximum absolute atomic E-state index is 12.6. The lowest BCUT2D eigenvalue weighted by molar-refractivity contribution is -0.137. The molecular weight excluding hydrogens is 422 g/mol. The van der Waals surface area contributed by atoms with Crippen molar-refractivity contribution in [3.8, 4) is 11.5 Å². The molecule has 0 bridgehead atoms. The highest BCUT2D eigenvalue weighted by Crippen LogP contribution is 2.31. The van der Waals surface area contributed by atoms with Gasteiger partial charge in [0.25, 0.3) is 5.91 Å². The Bertz CT molecular complexity index is 818. The fourth-order valence-corrected chi connectivity index (χ4v) is 2.30. The predicted octanol–water partition coefficient (Wildman–Crippen LogP) is 3.95. The summed E-state index contributed by atoms with van der Waals surface area (Å²) in [6, 6.07) is 8.80. The summed E-state index contributed by atoms with van der Waals surface area (Å²) in [5.74, 6) is -0.203. The first-order valence-corrected chi connectivity index (χ1v) is 8.73. The molecule has 2 aromatic carbocycles. The molecule has 28 heavy (non-hydrogen) atoms. The maximum Gasteiger partial charge on any atom is 0.416 e. The molecule has 0 spiro atoms. The first-order valence-electron chi connectivity index (χ1n) is 7.98. The molecule has 1 atom stereocenters. The van der Waals surface area contributed by atoms with Crippen LogP contribution in [0.3, 0.4) is 0 Å². The summed E-state index contributed by atoms with van der Waals surface area (Å²) in [5, 5.41) is 12.9. The third kappa shape index (κ3) is 7.10. The zero-order valence-electron chi connectivity index (χ0n) is 14.3. The van der Waals surface area contributed by atoms with Crippen molar-refractivity contribution in [3.05, 3.63) is 58.1 Å². The first kappa shape index (κ1) is 22.1. The van der Waals surface area contributed by atoms with Crippen LogP contribution in [0.2, 0.25) is 10.0 Å². The monoisotopic (exact) mass is 437 g/mol. The molecule has 0 saturated heterocycles. The minimum absolute atomic E-state index is 0.0387. The molecule has 1 amide bonds. The van der Waals surface area contributed by atoms with Gasteiger partial charge in [0.1, 0.15) is 24.2 Å². The Morgan fingerprint density at radius 1 is 1.07 bits per heavy atom. The van der Waals surface area contributed by atoms with Gasteiger partial charge in [-0.15, -0.1) is 0 Å². The summed E-state index contributed by atoms with van der Waals surface area (Å²) < 4.78 is 48.3. The van der Waals surface area contributed by atoms with E-state index in [1.807, 2.05) is 0 Å². The number of halogens is 5. The summed E-state index contributed by atoms with van der Waals surface area (Å²) in [5.41, 5.74) is -0.854. The molecule has 0 saturated carbocycles. The molecule has 2 rings (SSSR count). The molecule has 0 aliphatic rings. The lowest BCUT2D eigenvalue weighted by Crippen LogP contribution is -2.37. The Morgan fingerprint density at radius 3 is 2.46 bits per heavy atom. The molecule has 0 aliphatic heterocycles. The van der Waals surface area contributed by atoms with E-state index in [0.717, 1.165) is 12.1 Å². The Hall–Kier alpha value is -2.16. The number of benzene rings is 2. The van der Waals surface area contributed by atoms with Gasteiger partial charge in [-0.05, 0) is 30.3 Å². The van der Waals surface area contributed by atoms with Crippen LogP contribution in [0.15, 0.2) is 42.5 Å². The molecule has 0 aliphatic carbocycles. The highest BCUT2D eigenvalue weighted by Gasteiger charge is 2.30. The third-order valence-corrected chi connectivity index (χ3v) is 4.14. The zero-order valence-corrected chi connectivity index (χ0v) is 15.8. The SMILES string of the molecule is O=C(COc1ccc(Cl)c(Cl)c1)NCC(O)COc1cccc(C(F)(F)F)c1. The van der Waals surface area contributed by atoms with E-state index in [-0.39, 0.29) is 30.5 Å². The number of hydrogen-bond acceptors (Lipinski definition) is 4. The van der Waals surface area contributed by atoms with Crippen LogP contribution in [-0.2, 0) is 11.0 Å². The first-order chi connectivity index (χ1) is 13.1. The molecule has 2 N–H and O–H groups in total. The van der Waals surface area contributed by atoms with Crippen LogP contribution in [0.5, 0.6) is 11.5 Å². The molecule has 5 nitrogen and oxygen atoms in total. The number of alkyl halides is 3. The smallest absolute Gasteiger partial charge is 0.416 e. The number of carbonyl (C=O) groups excluding carboxylic acids is 1. The van der Waals surface area contributed by atoms with Crippen molar-refractivity contribution in [1.29, 1.82) is 0 Å². The van der Waals surface area contributed by atoms with Gasteiger partial charge in [-0.1, -0.05) is 29.3 Å². The second-order valence-electron chi connectivity index (χ2n) is 5.66. The van der Waals surface area contributed by atoms with E-state index >= 15 is 0 Å². The molecule has 0 radical (unpaired) electrons. The molecule has 10 heteroatoms. The second kappa shape index (κ2) is 9.86. The lowest BCUT2D eigenvalue weighted by Gasteiger charge is -2.14. The summed E-state index contributed by atoms with van der Waals surface area (Å²) in [6.07, 6.45) is -5.61. The fraction of sp³-hybridized carbons (Fsp3) is 0.278. The van der Waals surface area contributed by atoms with Gasteiger partial charge in [0.15, 0.2) is 6.61 Å². The van der Waals surface area contributed by atoms with E-state index in [1.165, 1.54) is 24.3 Å². The standard InChI is InChI=1S/C18H16Cl2F3NO4/c19-15-5-4-14(7-16(15)20)28-10-17(26)24-8-12(25)9-27-13-3-1-2-11(6-13)18(21,22)23/h1-7,12,25H,8-10H2,(H,24,26). The molecule has 2 aromatic rings. The molecule has 0 aromatic heterocycles. The van der Waals surface area contributed by atoms with Gasteiger partial charge in [-0.2, -0.15) is 13.2 Å². The number of nitrogens with one attached hydrogen (secondary N) is 1. The van der Waals surface area contributed by atoms with Gasteiger partial charge in [-0.25, -0.2) is 0 Å². The highest BCUT2D eigenvalue weighted by molar-refractivity contribution is 6.42. The minimum Gasteiger partial charge on any atom is -0.491 e. The van der Waals surface area contributed by atoms with Crippen LogP contribution < -0.4 is 14.8 Å². The van der Waals surface area contributed by atoms with Crippen molar-refractivity contribution < 1.29 is 32.5 Å². The van der Waals surface area contributed by atoms with Gasteiger partial charge in [0, 0.05) is 12.6 Å². The van der Waals surface area contributed by atoms with E-state index in [1.54, 1.807) is 6.07 Å². The van der Waals surface area contributed by atoms with Crippen molar-refractivity contribution in [2.45, 2.75) is 12.3 Å². The molecular formula is C18H16Cl2F3NO4. The Labute approximate surface area is 169 Å². The van der Waals surface area contributed by atoms with Crippen LogP contribution in [0.1, 0.15) is 5.56 Å². The van der Waals surface area contributed by atoms with E-state index < -0.39 is 23.8 Å². The lowest BCUT2D eigenvalue weighted by atomic mass is 10.2.